The van der Waals surface area contributed by atoms with Gasteiger partial charge in [0.05, 0.1) is 5.69 Å². The Balaban J connectivity index is 2.22. The Morgan fingerprint density at radius 3 is 2.95 bits per heavy atom. The van der Waals surface area contributed by atoms with Crippen LogP contribution in [0.25, 0.3) is 11.2 Å². The lowest BCUT2D eigenvalue weighted by Crippen LogP contribution is -2.17. The molecule has 19 heavy (non-hydrogen) atoms. The third kappa shape index (κ3) is 1.96. The van der Waals surface area contributed by atoms with Gasteiger partial charge in [-0.15, -0.1) is 0 Å². The molecule has 1 N–H and O–H groups in total. The molecule has 2 atom stereocenters. The van der Waals surface area contributed by atoms with Gasteiger partial charge in [0.25, 0.3) is 0 Å². The van der Waals surface area contributed by atoms with E-state index in [0.717, 1.165) is 22.5 Å². The maximum absolute atomic E-state index is 5.57. The number of rotatable bonds is 3. The summed E-state index contributed by atoms with van der Waals surface area (Å²) in [7, 11) is 0. The first kappa shape index (κ1) is 13.2. The van der Waals surface area contributed by atoms with Crippen LogP contribution in [-0.4, -0.2) is 30.8 Å². The number of thioether (sulfide) groups is 1. The molecule has 2 heterocycles. The third-order valence-corrected chi connectivity index (χ3v) is 5.59. The molecule has 0 amide bonds. The predicted molar refractivity (Wildman–Crippen MR) is 83.5 cm³/mol. The largest absolute Gasteiger partial charge is 0.328 e. The van der Waals surface area contributed by atoms with E-state index in [-0.39, 0.29) is 0 Å². The zero-order chi connectivity index (χ0) is 13.6. The molecule has 104 valence electrons. The average Bonchev–Trinajstić information content (AvgIpc) is 3.05. The highest BCUT2D eigenvalue weighted by Crippen LogP contribution is 2.39. The second-order valence-corrected chi connectivity index (χ2v) is 6.64. The summed E-state index contributed by atoms with van der Waals surface area (Å²) in [6.07, 6.45) is 6.02. The van der Waals surface area contributed by atoms with Crippen LogP contribution in [0.1, 0.15) is 37.9 Å². The number of imidazole rings is 1. The molecule has 0 saturated heterocycles. The highest BCUT2D eigenvalue weighted by molar-refractivity contribution is 7.99. The molecule has 1 saturated carbocycles. The summed E-state index contributed by atoms with van der Waals surface area (Å²) in [6.45, 7) is 5.06. The first-order chi connectivity index (χ1) is 9.17. The number of hydrogen-bond acceptors (Lipinski definition) is 3. The minimum atomic E-state index is 0.512. The number of hydrogen-bond donors (Lipinski definition) is 1. The van der Waals surface area contributed by atoms with E-state index in [0.29, 0.717) is 11.3 Å². The minimum absolute atomic E-state index is 0.512. The summed E-state index contributed by atoms with van der Waals surface area (Å²) in [5.74, 6) is 0. The van der Waals surface area contributed by atoms with Crippen molar-refractivity contribution in [3.63, 3.8) is 0 Å². The molecule has 1 aliphatic rings. The highest BCUT2D eigenvalue weighted by atomic mass is 32.2. The summed E-state index contributed by atoms with van der Waals surface area (Å²) in [5.41, 5.74) is 3.33. The Morgan fingerprint density at radius 1 is 1.47 bits per heavy atom. The van der Waals surface area contributed by atoms with Crippen LogP contribution in [-0.2, 0) is 6.54 Å². The second-order valence-electron chi connectivity index (χ2n) is 5.17. The number of nitrogens with zero attached hydrogens (tertiary/aromatic N) is 3. The maximum Gasteiger partial charge on any atom is 0.179 e. The van der Waals surface area contributed by atoms with Crippen LogP contribution >= 0.6 is 24.0 Å². The predicted octanol–water partition coefficient (Wildman–Crippen LogP) is 3.68. The van der Waals surface area contributed by atoms with E-state index < -0.39 is 0 Å². The Bertz CT molecular complexity index is 651. The Hall–Kier alpha value is -0.750. The van der Waals surface area contributed by atoms with Crippen LogP contribution in [0.3, 0.4) is 0 Å². The molecule has 6 heteroatoms. The van der Waals surface area contributed by atoms with Crippen molar-refractivity contribution in [3.05, 3.63) is 10.5 Å². The van der Waals surface area contributed by atoms with E-state index in [1.165, 1.54) is 24.9 Å². The van der Waals surface area contributed by atoms with Gasteiger partial charge in [-0.05, 0) is 45.2 Å². The van der Waals surface area contributed by atoms with E-state index in [4.69, 9.17) is 12.2 Å². The summed E-state index contributed by atoms with van der Waals surface area (Å²) < 4.78 is 5.25. The van der Waals surface area contributed by atoms with E-state index in [9.17, 15) is 0 Å². The summed E-state index contributed by atoms with van der Waals surface area (Å²) >= 11 is 7.53. The third-order valence-electron chi connectivity index (χ3n) is 4.13. The Kier molecular flexibility index (Phi) is 3.47. The molecule has 3 rings (SSSR count). The lowest BCUT2D eigenvalue weighted by molar-refractivity contribution is 0.517. The Labute approximate surface area is 122 Å². The van der Waals surface area contributed by atoms with Gasteiger partial charge in [-0.1, -0.05) is 6.42 Å². The van der Waals surface area contributed by atoms with Crippen molar-refractivity contribution < 1.29 is 0 Å². The zero-order valence-corrected chi connectivity index (χ0v) is 13.3. The van der Waals surface area contributed by atoms with Crippen molar-refractivity contribution in [3.8, 4) is 0 Å². The molecular weight excluding hydrogens is 276 g/mol. The normalized spacial score (nSPS) is 23.5. The zero-order valence-electron chi connectivity index (χ0n) is 11.6. The van der Waals surface area contributed by atoms with Crippen LogP contribution < -0.4 is 0 Å². The number of fused-ring (bicyclic) bond motifs is 1. The van der Waals surface area contributed by atoms with Gasteiger partial charge in [-0.25, -0.2) is 4.68 Å². The van der Waals surface area contributed by atoms with E-state index in [1.54, 1.807) is 0 Å². The molecule has 2 aromatic rings. The maximum atomic E-state index is 5.57. The van der Waals surface area contributed by atoms with Gasteiger partial charge in [0, 0.05) is 17.8 Å². The van der Waals surface area contributed by atoms with Crippen LogP contribution in [0.5, 0.6) is 0 Å². The van der Waals surface area contributed by atoms with Gasteiger partial charge in [0.1, 0.15) is 5.52 Å². The highest BCUT2D eigenvalue weighted by Gasteiger charge is 2.31. The van der Waals surface area contributed by atoms with E-state index in [1.807, 2.05) is 18.7 Å². The van der Waals surface area contributed by atoms with Crippen molar-refractivity contribution in [2.45, 2.75) is 50.9 Å². The van der Waals surface area contributed by atoms with Gasteiger partial charge in [0.2, 0.25) is 0 Å². The molecule has 1 fully saturated rings. The molecular formula is C13H20N4S2. The molecule has 0 aliphatic heterocycles. The number of aryl methyl sites for hydroxylation is 2. The lowest BCUT2D eigenvalue weighted by atomic mass is 10.2. The standard InChI is InChI=1S/C13H20N4S2/c1-4-16-12-11(8(2)15-16)14-13(18)17(12)9-6-5-7-10(9)19-3/h9-10H,4-7H2,1-3H3,(H,14,18). The van der Waals surface area contributed by atoms with Crippen molar-refractivity contribution in [1.29, 1.82) is 0 Å². The summed E-state index contributed by atoms with van der Waals surface area (Å²) in [4.78, 5) is 3.36. The van der Waals surface area contributed by atoms with Crippen molar-refractivity contribution in [1.82, 2.24) is 19.3 Å². The first-order valence-corrected chi connectivity index (χ1v) is 8.57. The average molecular weight is 296 g/mol. The summed E-state index contributed by atoms with van der Waals surface area (Å²) in [6, 6.07) is 0.512. The number of H-pyrrole nitrogens is 1. The van der Waals surface area contributed by atoms with Gasteiger partial charge < -0.3 is 4.98 Å². The molecule has 0 radical (unpaired) electrons. The topological polar surface area (TPSA) is 38.5 Å². The molecule has 0 bridgehead atoms. The lowest BCUT2D eigenvalue weighted by Gasteiger charge is -2.20. The number of aromatic amines is 1. The fourth-order valence-corrected chi connectivity index (χ4v) is 4.53. The SMILES string of the molecule is CCn1nc(C)c2[nH]c(=S)n(C3CCCC3SC)c21. The van der Waals surface area contributed by atoms with Gasteiger partial charge in [-0.2, -0.15) is 16.9 Å². The van der Waals surface area contributed by atoms with Gasteiger partial charge in [0.15, 0.2) is 10.4 Å². The van der Waals surface area contributed by atoms with Crippen molar-refractivity contribution in [2.75, 3.05) is 6.26 Å². The van der Waals surface area contributed by atoms with Crippen molar-refractivity contribution >= 4 is 35.1 Å². The quantitative estimate of drug-likeness (QED) is 0.878. The second kappa shape index (κ2) is 4.98. The van der Waals surface area contributed by atoms with Gasteiger partial charge in [-0.3, -0.25) is 4.57 Å². The van der Waals surface area contributed by atoms with Crippen LogP contribution in [0.4, 0.5) is 0 Å². The molecule has 1 aliphatic carbocycles. The Morgan fingerprint density at radius 2 is 2.26 bits per heavy atom. The molecule has 4 nitrogen and oxygen atoms in total. The number of aromatic nitrogens is 4. The summed E-state index contributed by atoms with van der Waals surface area (Å²) in [5, 5.41) is 5.28. The fraction of sp³-hybridized carbons (Fsp3) is 0.692. The van der Waals surface area contributed by atoms with Crippen LogP contribution in [0.15, 0.2) is 0 Å². The van der Waals surface area contributed by atoms with E-state index in [2.05, 4.69) is 32.5 Å². The molecule has 2 unspecified atom stereocenters. The van der Waals surface area contributed by atoms with Crippen molar-refractivity contribution in [2.24, 2.45) is 0 Å². The van der Waals surface area contributed by atoms with Gasteiger partial charge >= 0.3 is 0 Å². The monoisotopic (exact) mass is 296 g/mol. The first-order valence-electron chi connectivity index (χ1n) is 6.87. The molecule has 0 spiro atoms. The smallest absolute Gasteiger partial charge is 0.179 e. The minimum Gasteiger partial charge on any atom is -0.328 e. The van der Waals surface area contributed by atoms with E-state index >= 15 is 0 Å². The molecule has 0 aromatic carbocycles. The fourth-order valence-electron chi connectivity index (χ4n) is 3.23. The van der Waals surface area contributed by atoms with Crippen LogP contribution in [0.2, 0.25) is 0 Å². The van der Waals surface area contributed by atoms with Crippen LogP contribution in [0, 0.1) is 11.7 Å². The number of nitrogens with one attached hydrogen (secondary N) is 1. The molecule has 2 aromatic heterocycles.